The molecule has 0 aliphatic carbocycles. The molecule has 0 spiro atoms. The molecule has 0 saturated carbocycles. The molecule has 2 unspecified atom stereocenters. The van der Waals surface area contributed by atoms with Gasteiger partial charge in [-0.25, -0.2) is 0 Å². The van der Waals surface area contributed by atoms with E-state index in [2.05, 4.69) is 29.0 Å². The average Bonchev–Trinajstić information content (AvgIpc) is 2.36. The monoisotopic (exact) mass is 293 g/mol. The highest BCUT2D eigenvalue weighted by Gasteiger charge is 2.33. The van der Waals surface area contributed by atoms with Crippen molar-refractivity contribution in [3.05, 3.63) is 0 Å². The van der Waals surface area contributed by atoms with Crippen LogP contribution < -0.4 is 5.32 Å². The first-order valence-electron chi connectivity index (χ1n) is 8.64. The Balaban J connectivity index is 1.73. The van der Waals surface area contributed by atoms with E-state index in [4.69, 9.17) is 10.8 Å². The molecule has 0 aromatic rings. The van der Waals surface area contributed by atoms with Crippen molar-refractivity contribution in [3.8, 4) is 0 Å². The SMILES string of the molecule is CCCCC1CCN1C(=N)NC(=N)N1CCC1CCCC. The first kappa shape index (κ1) is 16.1. The Kier molecular flexibility index (Phi) is 5.88. The van der Waals surface area contributed by atoms with Crippen molar-refractivity contribution in [1.29, 1.82) is 10.8 Å². The minimum absolute atomic E-state index is 0.425. The summed E-state index contributed by atoms with van der Waals surface area (Å²) in [6.07, 6.45) is 9.64. The normalized spacial score (nSPS) is 24.3. The van der Waals surface area contributed by atoms with Crippen LogP contribution in [0.4, 0.5) is 0 Å². The Morgan fingerprint density at radius 2 is 1.33 bits per heavy atom. The molecule has 2 fully saturated rings. The van der Waals surface area contributed by atoms with Crippen LogP contribution in [-0.4, -0.2) is 46.9 Å². The van der Waals surface area contributed by atoms with Crippen LogP contribution in [0.2, 0.25) is 0 Å². The maximum absolute atomic E-state index is 8.19. The van der Waals surface area contributed by atoms with Crippen molar-refractivity contribution in [2.24, 2.45) is 0 Å². The van der Waals surface area contributed by atoms with Gasteiger partial charge in [-0.15, -0.1) is 0 Å². The molecule has 2 aliphatic rings. The number of nitrogens with zero attached hydrogens (tertiary/aromatic N) is 2. The second-order valence-electron chi connectivity index (χ2n) is 6.38. The Hall–Kier alpha value is -1.26. The second kappa shape index (κ2) is 7.66. The van der Waals surface area contributed by atoms with Gasteiger partial charge in [-0.3, -0.25) is 16.1 Å². The first-order chi connectivity index (χ1) is 10.2. The van der Waals surface area contributed by atoms with Gasteiger partial charge in [0.25, 0.3) is 0 Å². The van der Waals surface area contributed by atoms with Gasteiger partial charge in [-0.05, 0) is 25.7 Å². The fraction of sp³-hybridized carbons (Fsp3) is 0.875. The van der Waals surface area contributed by atoms with Crippen molar-refractivity contribution < 1.29 is 0 Å². The van der Waals surface area contributed by atoms with E-state index in [1.165, 1.54) is 51.4 Å². The molecular weight excluding hydrogens is 262 g/mol. The number of likely N-dealkylation sites (tertiary alicyclic amines) is 2. The lowest BCUT2D eigenvalue weighted by molar-refractivity contribution is 0.155. The zero-order chi connectivity index (χ0) is 15.2. The van der Waals surface area contributed by atoms with Crippen molar-refractivity contribution in [2.45, 2.75) is 77.3 Å². The summed E-state index contributed by atoms with van der Waals surface area (Å²) in [6, 6.07) is 1.04. The van der Waals surface area contributed by atoms with Crippen LogP contribution in [0.25, 0.3) is 0 Å². The van der Waals surface area contributed by atoms with E-state index < -0.39 is 0 Å². The quantitative estimate of drug-likeness (QED) is 0.521. The van der Waals surface area contributed by atoms with Crippen LogP contribution in [0.1, 0.15) is 65.2 Å². The molecule has 2 atom stereocenters. The molecule has 120 valence electrons. The summed E-state index contributed by atoms with van der Waals surface area (Å²) in [7, 11) is 0. The van der Waals surface area contributed by atoms with Gasteiger partial charge in [0, 0.05) is 25.2 Å². The van der Waals surface area contributed by atoms with Crippen molar-refractivity contribution >= 4 is 11.9 Å². The van der Waals surface area contributed by atoms with Gasteiger partial charge in [0.1, 0.15) is 0 Å². The molecule has 2 saturated heterocycles. The minimum atomic E-state index is 0.425. The lowest BCUT2D eigenvalue weighted by Crippen LogP contribution is -2.61. The van der Waals surface area contributed by atoms with Gasteiger partial charge >= 0.3 is 0 Å². The zero-order valence-corrected chi connectivity index (χ0v) is 13.6. The summed E-state index contributed by atoms with van der Waals surface area (Å²) in [4.78, 5) is 4.23. The summed E-state index contributed by atoms with van der Waals surface area (Å²) >= 11 is 0. The van der Waals surface area contributed by atoms with Gasteiger partial charge in [0.2, 0.25) is 0 Å². The fourth-order valence-electron chi connectivity index (χ4n) is 3.21. The molecule has 3 N–H and O–H groups in total. The maximum Gasteiger partial charge on any atom is 0.198 e. The molecule has 0 amide bonds. The van der Waals surface area contributed by atoms with Crippen LogP contribution >= 0.6 is 0 Å². The van der Waals surface area contributed by atoms with Gasteiger partial charge in [0.15, 0.2) is 11.9 Å². The molecular formula is C16H31N5. The summed E-state index contributed by atoms with van der Waals surface area (Å²) in [5.41, 5.74) is 0. The van der Waals surface area contributed by atoms with Gasteiger partial charge in [-0.1, -0.05) is 39.5 Å². The number of rotatable bonds is 6. The second-order valence-corrected chi connectivity index (χ2v) is 6.38. The third-order valence-corrected chi connectivity index (χ3v) is 4.88. The van der Waals surface area contributed by atoms with Crippen LogP contribution in [0.3, 0.4) is 0 Å². The lowest BCUT2D eigenvalue weighted by atomic mass is 9.97. The molecule has 0 radical (unpaired) electrons. The Labute approximate surface area is 129 Å². The summed E-state index contributed by atoms with van der Waals surface area (Å²) in [5.74, 6) is 0.849. The predicted octanol–water partition coefficient (Wildman–Crippen LogP) is 2.97. The number of nitrogens with one attached hydrogen (secondary N) is 3. The largest absolute Gasteiger partial charge is 0.340 e. The summed E-state index contributed by atoms with van der Waals surface area (Å²) in [5, 5.41) is 19.4. The minimum Gasteiger partial charge on any atom is -0.340 e. The lowest BCUT2D eigenvalue weighted by Gasteiger charge is -2.46. The number of guanidine groups is 2. The molecule has 2 aliphatic heterocycles. The molecule has 0 bridgehead atoms. The maximum atomic E-state index is 8.19. The van der Waals surface area contributed by atoms with E-state index in [-0.39, 0.29) is 0 Å². The first-order valence-corrected chi connectivity index (χ1v) is 8.64. The van der Waals surface area contributed by atoms with E-state index in [1.807, 2.05) is 0 Å². The Morgan fingerprint density at radius 1 is 0.905 bits per heavy atom. The highest BCUT2D eigenvalue weighted by atomic mass is 15.4. The highest BCUT2D eigenvalue weighted by molar-refractivity contribution is 5.96. The van der Waals surface area contributed by atoms with E-state index in [0.29, 0.717) is 24.0 Å². The molecule has 0 aromatic carbocycles. The zero-order valence-electron chi connectivity index (χ0n) is 13.6. The number of hydrogen-bond donors (Lipinski definition) is 3. The van der Waals surface area contributed by atoms with E-state index in [9.17, 15) is 0 Å². The van der Waals surface area contributed by atoms with Gasteiger partial charge in [0.05, 0.1) is 0 Å². The van der Waals surface area contributed by atoms with Crippen LogP contribution in [0.5, 0.6) is 0 Å². The number of unbranched alkanes of at least 4 members (excludes halogenated alkanes) is 2. The van der Waals surface area contributed by atoms with Crippen LogP contribution in [0, 0.1) is 10.8 Å². The van der Waals surface area contributed by atoms with Crippen molar-refractivity contribution in [3.63, 3.8) is 0 Å². The van der Waals surface area contributed by atoms with Crippen molar-refractivity contribution in [2.75, 3.05) is 13.1 Å². The summed E-state index contributed by atoms with van der Waals surface area (Å²) in [6.45, 7) is 6.35. The van der Waals surface area contributed by atoms with Crippen LogP contribution in [0.15, 0.2) is 0 Å². The van der Waals surface area contributed by atoms with E-state index in [0.717, 1.165) is 13.1 Å². The predicted molar refractivity (Wildman–Crippen MR) is 87.9 cm³/mol. The molecule has 5 heteroatoms. The Morgan fingerprint density at radius 3 is 1.62 bits per heavy atom. The highest BCUT2D eigenvalue weighted by Crippen LogP contribution is 2.24. The molecule has 0 aromatic heterocycles. The molecule has 21 heavy (non-hydrogen) atoms. The van der Waals surface area contributed by atoms with Gasteiger partial charge < -0.3 is 9.80 Å². The smallest absolute Gasteiger partial charge is 0.198 e. The van der Waals surface area contributed by atoms with Gasteiger partial charge in [-0.2, -0.15) is 0 Å². The summed E-state index contributed by atoms with van der Waals surface area (Å²) < 4.78 is 0. The molecule has 2 rings (SSSR count). The third kappa shape index (κ3) is 3.89. The topological polar surface area (TPSA) is 66.2 Å². The van der Waals surface area contributed by atoms with Crippen LogP contribution in [-0.2, 0) is 0 Å². The van der Waals surface area contributed by atoms with E-state index >= 15 is 0 Å². The van der Waals surface area contributed by atoms with Crippen molar-refractivity contribution in [1.82, 2.24) is 15.1 Å². The molecule has 2 heterocycles. The number of hydrogen-bond acceptors (Lipinski definition) is 2. The molecule has 5 nitrogen and oxygen atoms in total. The fourth-order valence-corrected chi connectivity index (χ4v) is 3.21. The Bertz CT molecular complexity index is 334. The van der Waals surface area contributed by atoms with E-state index in [1.54, 1.807) is 0 Å². The standard InChI is InChI=1S/C16H31N5/c1-3-5-7-13-9-11-20(13)15(17)19-16(18)21-12-10-14(21)8-6-4-2/h13-14H,3-12H2,1-2H3,(H3,17,18,19). The average molecular weight is 293 g/mol. The third-order valence-electron chi connectivity index (χ3n) is 4.88.